The van der Waals surface area contributed by atoms with Crippen molar-refractivity contribution < 1.29 is 5.11 Å². The lowest BCUT2D eigenvalue weighted by molar-refractivity contribution is 0.176. The maximum absolute atomic E-state index is 9.95. The van der Waals surface area contributed by atoms with Crippen LogP contribution in [0.15, 0.2) is 66.7 Å². The van der Waals surface area contributed by atoms with Crippen LogP contribution in [0.5, 0.6) is 0 Å². The molecule has 2 rings (SSSR count). The molecule has 0 aliphatic heterocycles. The van der Waals surface area contributed by atoms with Gasteiger partial charge in [0.1, 0.15) is 0 Å². The van der Waals surface area contributed by atoms with Crippen molar-refractivity contribution in [2.24, 2.45) is 0 Å². The summed E-state index contributed by atoms with van der Waals surface area (Å²) in [6.07, 6.45) is 3.68. The summed E-state index contributed by atoms with van der Waals surface area (Å²) in [5.41, 5.74) is 2.13. The summed E-state index contributed by atoms with van der Waals surface area (Å²) in [6.45, 7) is 1.31. The van der Waals surface area contributed by atoms with Gasteiger partial charge in [0.25, 0.3) is 0 Å². The maximum atomic E-state index is 9.95. The Hall–Kier alpha value is -1.32. The van der Waals surface area contributed by atoms with E-state index in [1.165, 1.54) is 5.56 Å². The molecule has 0 amide bonds. The lowest BCUT2D eigenvalue weighted by Crippen LogP contribution is -2.21. The number of hydrogen-bond donors (Lipinski definition) is 2. The van der Waals surface area contributed by atoms with Crippen molar-refractivity contribution in [3.63, 3.8) is 0 Å². The van der Waals surface area contributed by atoms with Gasteiger partial charge in [0, 0.05) is 13.1 Å². The summed E-state index contributed by atoms with van der Waals surface area (Å²) in [7, 11) is 0. The van der Waals surface area contributed by atoms with Crippen LogP contribution in [-0.2, 0) is 0 Å². The average Bonchev–Trinajstić information content (AvgIpc) is 2.49. The van der Waals surface area contributed by atoms with Crippen molar-refractivity contribution in [3.05, 3.63) is 77.9 Å². The summed E-state index contributed by atoms with van der Waals surface area (Å²) >= 11 is 0. The van der Waals surface area contributed by atoms with Gasteiger partial charge in [0.15, 0.2) is 0 Å². The first-order valence-corrected chi connectivity index (χ1v) is 6.51. The fourth-order valence-electron chi connectivity index (χ4n) is 1.86. The van der Waals surface area contributed by atoms with Gasteiger partial charge < -0.3 is 10.4 Å². The Kier molecular flexibility index (Phi) is 10.6. The molecule has 0 fully saturated rings. The van der Waals surface area contributed by atoms with Gasteiger partial charge in [-0.1, -0.05) is 72.8 Å². The lowest BCUT2D eigenvalue weighted by Gasteiger charge is -2.10. The van der Waals surface area contributed by atoms with Crippen molar-refractivity contribution in [1.29, 1.82) is 0 Å². The van der Waals surface area contributed by atoms with Gasteiger partial charge in [-0.05, 0) is 11.1 Å². The smallest absolute Gasteiger partial charge is 0.0914 e. The highest BCUT2D eigenvalue weighted by Gasteiger charge is 2.04. The highest BCUT2D eigenvalue weighted by atomic mass is 35.5. The molecule has 114 valence electrons. The second-order valence-electron chi connectivity index (χ2n) is 4.40. The minimum atomic E-state index is -0.452. The van der Waals surface area contributed by atoms with Crippen LogP contribution in [0.1, 0.15) is 17.2 Å². The molecule has 0 bridgehead atoms. The number of aliphatic hydroxyl groups excluding tert-OH is 1. The molecule has 1 atom stereocenters. The molecule has 0 heterocycles. The Morgan fingerprint density at radius 3 is 2.10 bits per heavy atom. The fourth-order valence-corrected chi connectivity index (χ4v) is 1.86. The van der Waals surface area contributed by atoms with Crippen molar-refractivity contribution in [3.8, 4) is 0 Å². The average molecular weight is 326 g/mol. The predicted molar refractivity (Wildman–Crippen MR) is 94.2 cm³/mol. The van der Waals surface area contributed by atoms with E-state index in [-0.39, 0.29) is 24.8 Å². The number of rotatable bonds is 6. The third kappa shape index (κ3) is 7.30. The first-order valence-electron chi connectivity index (χ1n) is 6.51. The van der Waals surface area contributed by atoms with Gasteiger partial charge in [-0.3, -0.25) is 0 Å². The molecule has 2 N–H and O–H groups in total. The molecule has 21 heavy (non-hydrogen) atoms. The number of aliphatic hydroxyl groups is 1. The van der Waals surface area contributed by atoms with Crippen molar-refractivity contribution in [2.75, 3.05) is 13.1 Å². The molecule has 0 aliphatic rings. The van der Waals surface area contributed by atoms with Gasteiger partial charge >= 0.3 is 0 Å². The zero-order chi connectivity index (χ0) is 13.3. The van der Waals surface area contributed by atoms with E-state index in [9.17, 15) is 5.11 Å². The van der Waals surface area contributed by atoms with Gasteiger partial charge in [0.2, 0.25) is 0 Å². The third-order valence-corrected chi connectivity index (χ3v) is 2.89. The van der Waals surface area contributed by atoms with Crippen molar-refractivity contribution in [1.82, 2.24) is 5.32 Å². The summed E-state index contributed by atoms with van der Waals surface area (Å²) in [5.74, 6) is 0. The summed E-state index contributed by atoms with van der Waals surface area (Å²) in [6, 6.07) is 19.9. The normalized spacial score (nSPS) is 11.5. The minimum Gasteiger partial charge on any atom is -0.387 e. The molecule has 0 saturated carbocycles. The highest BCUT2D eigenvalue weighted by Crippen LogP contribution is 2.10. The molecule has 2 aromatic carbocycles. The number of nitrogens with one attached hydrogen (secondary N) is 1. The Bertz CT molecular complexity index is 503. The van der Waals surface area contributed by atoms with E-state index in [0.717, 1.165) is 12.1 Å². The standard InChI is InChI=1S/C17H19NO.2ClH/c19-17(16-11-5-2-6-12-16)14-18-13-7-10-15-8-3-1-4-9-15;;/h1-12,17-19H,13-14H2;2*1H. The zero-order valence-electron chi connectivity index (χ0n) is 11.7. The van der Waals surface area contributed by atoms with E-state index in [1.54, 1.807) is 0 Å². The topological polar surface area (TPSA) is 32.3 Å². The van der Waals surface area contributed by atoms with Gasteiger partial charge in [-0.2, -0.15) is 0 Å². The molecule has 2 nitrogen and oxygen atoms in total. The first-order chi connectivity index (χ1) is 9.36. The number of halogens is 2. The second kappa shape index (κ2) is 11.4. The van der Waals surface area contributed by atoms with Crippen molar-refractivity contribution in [2.45, 2.75) is 6.10 Å². The van der Waals surface area contributed by atoms with E-state index in [2.05, 4.69) is 29.6 Å². The molecule has 4 heteroatoms. The predicted octanol–water partition coefficient (Wildman–Crippen LogP) is 3.87. The quantitative estimate of drug-likeness (QED) is 0.790. The Morgan fingerprint density at radius 1 is 0.905 bits per heavy atom. The van der Waals surface area contributed by atoms with Crippen molar-refractivity contribution >= 4 is 30.9 Å². The fraction of sp³-hybridized carbons (Fsp3) is 0.176. The summed E-state index contributed by atoms with van der Waals surface area (Å²) < 4.78 is 0. The zero-order valence-corrected chi connectivity index (χ0v) is 13.3. The van der Waals surface area contributed by atoms with E-state index >= 15 is 0 Å². The first kappa shape index (κ1) is 19.7. The van der Waals surface area contributed by atoms with Crippen LogP contribution in [0.2, 0.25) is 0 Å². The Labute approximate surface area is 138 Å². The molecule has 0 radical (unpaired) electrons. The molecule has 0 aliphatic carbocycles. The molecular weight excluding hydrogens is 305 g/mol. The number of hydrogen-bond acceptors (Lipinski definition) is 2. The minimum absolute atomic E-state index is 0. The van der Waals surface area contributed by atoms with Crippen LogP contribution in [0.3, 0.4) is 0 Å². The molecule has 0 aromatic heterocycles. The van der Waals surface area contributed by atoms with E-state index in [1.807, 2.05) is 48.5 Å². The Balaban J connectivity index is 0.00000200. The van der Waals surface area contributed by atoms with Crippen LogP contribution in [0.4, 0.5) is 0 Å². The van der Waals surface area contributed by atoms with E-state index in [4.69, 9.17) is 0 Å². The summed E-state index contributed by atoms with van der Waals surface area (Å²) in [5, 5.41) is 13.2. The molecule has 0 saturated heterocycles. The van der Waals surface area contributed by atoms with Crippen LogP contribution in [-0.4, -0.2) is 18.2 Å². The Morgan fingerprint density at radius 2 is 1.48 bits per heavy atom. The van der Waals surface area contributed by atoms with Crippen LogP contribution in [0.25, 0.3) is 6.08 Å². The molecular formula is C17H21Cl2NO. The van der Waals surface area contributed by atoms with Gasteiger partial charge in [-0.25, -0.2) is 0 Å². The number of benzene rings is 2. The van der Waals surface area contributed by atoms with E-state index < -0.39 is 6.10 Å². The monoisotopic (exact) mass is 325 g/mol. The SMILES string of the molecule is Cl.Cl.OC(CNCC=Cc1ccccc1)c1ccccc1. The summed E-state index contributed by atoms with van der Waals surface area (Å²) in [4.78, 5) is 0. The molecule has 2 aromatic rings. The van der Waals surface area contributed by atoms with Crippen LogP contribution in [0, 0.1) is 0 Å². The molecule has 0 spiro atoms. The van der Waals surface area contributed by atoms with Gasteiger partial charge in [0.05, 0.1) is 6.10 Å². The largest absolute Gasteiger partial charge is 0.387 e. The third-order valence-electron chi connectivity index (χ3n) is 2.89. The highest BCUT2D eigenvalue weighted by molar-refractivity contribution is 5.85. The van der Waals surface area contributed by atoms with Gasteiger partial charge in [-0.15, -0.1) is 24.8 Å². The lowest BCUT2D eigenvalue weighted by atomic mass is 10.1. The maximum Gasteiger partial charge on any atom is 0.0914 e. The second-order valence-corrected chi connectivity index (χ2v) is 4.40. The molecule has 1 unspecified atom stereocenters. The van der Waals surface area contributed by atoms with E-state index in [0.29, 0.717) is 6.54 Å². The van der Waals surface area contributed by atoms with Crippen LogP contribution >= 0.6 is 24.8 Å². The van der Waals surface area contributed by atoms with Crippen LogP contribution < -0.4 is 5.32 Å².